The predicted octanol–water partition coefficient (Wildman–Crippen LogP) is 2.38. The van der Waals surface area contributed by atoms with Crippen LogP contribution in [-0.4, -0.2) is 30.2 Å². The number of hydrogen-bond acceptors (Lipinski definition) is 3. The van der Waals surface area contributed by atoms with Crippen LogP contribution in [0, 0.1) is 11.6 Å². The van der Waals surface area contributed by atoms with E-state index in [1.54, 1.807) is 6.92 Å². The molecule has 3 nitrogen and oxygen atoms in total. The summed E-state index contributed by atoms with van der Waals surface area (Å²) in [5.74, 6) is -1.41. The summed E-state index contributed by atoms with van der Waals surface area (Å²) in [6.45, 7) is 2.03. The molecule has 0 spiro atoms. The van der Waals surface area contributed by atoms with Gasteiger partial charge in [0.2, 0.25) is 0 Å². The summed E-state index contributed by atoms with van der Waals surface area (Å²) in [6, 6.07) is 2.17. The van der Waals surface area contributed by atoms with Gasteiger partial charge >= 0.3 is 0 Å². The lowest BCUT2D eigenvalue weighted by Crippen LogP contribution is -2.21. The lowest BCUT2D eigenvalue weighted by molar-refractivity contribution is 0.211. The number of alkyl halides is 1. The van der Waals surface area contributed by atoms with E-state index in [-0.39, 0.29) is 23.9 Å². The van der Waals surface area contributed by atoms with Crippen LogP contribution in [0.1, 0.15) is 6.92 Å². The molecule has 0 aromatic heterocycles. The molecule has 96 valence electrons. The molecule has 0 radical (unpaired) electrons. The minimum Gasteiger partial charge on any atom is -0.494 e. The van der Waals surface area contributed by atoms with Crippen molar-refractivity contribution in [3.05, 3.63) is 23.8 Å². The first-order chi connectivity index (χ1) is 8.08. The van der Waals surface area contributed by atoms with Crippen molar-refractivity contribution in [2.45, 2.75) is 13.0 Å². The average Bonchev–Trinajstić information content (AvgIpc) is 2.28. The zero-order chi connectivity index (χ0) is 12.8. The topological polar surface area (TPSA) is 41.5 Å². The third-order valence-electron chi connectivity index (χ3n) is 2.02. The normalized spacial score (nSPS) is 12.3. The number of aliphatic hydroxyl groups is 1. The molecule has 2 N–H and O–H groups in total. The summed E-state index contributed by atoms with van der Waals surface area (Å²) in [4.78, 5) is 0. The van der Waals surface area contributed by atoms with Crippen LogP contribution in [0.3, 0.4) is 0 Å². The van der Waals surface area contributed by atoms with Crippen LogP contribution in [0.2, 0.25) is 0 Å². The highest BCUT2D eigenvalue weighted by atomic mass is 35.5. The molecule has 0 amide bonds. The number of halogens is 3. The molecule has 6 heteroatoms. The van der Waals surface area contributed by atoms with E-state index in [0.717, 1.165) is 12.1 Å². The molecule has 1 atom stereocenters. The standard InChI is InChI=1S/C11H14ClF2NO2/c1-2-17-8-3-9(13)11(10(14)4-8)15-6-7(16)5-12/h3-4,7,15-16H,2,5-6H2,1H3. The number of ether oxygens (including phenoxy) is 1. The van der Waals surface area contributed by atoms with Gasteiger partial charge in [0.05, 0.1) is 18.6 Å². The van der Waals surface area contributed by atoms with Crippen molar-refractivity contribution in [2.24, 2.45) is 0 Å². The molecule has 0 bridgehead atoms. The second kappa shape index (κ2) is 6.61. The van der Waals surface area contributed by atoms with Crippen LogP contribution in [0.5, 0.6) is 5.75 Å². The largest absolute Gasteiger partial charge is 0.494 e. The maximum absolute atomic E-state index is 13.5. The maximum Gasteiger partial charge on any atom is 0.152 e. The summed E-state index contributed by atoms with van der Waals surface area (Å²) in [5, 5.41) is 11.6. The van der Waals surface area contributed by atoms with Crippen LogP contribution in [-0.2, 0) is 0 Å². The van der Waals surface area contributed by atoms with Gasteiger partial charge in [-0.25, -0.2) is 8.78 Å². The van der Waals surface area contributed by atoms with E-state index in [9.17, 15) is 13.9 Å². The molecular weight excluding hydrogens is 252 g/mol. The monoisotopic (exact) mass is 265 g/mol. The zero-order valence-corrected chi connectivity index (χ0v) is 10.1. The van der Waals surface area contributed by atoms with Gasteiger partial charge in [0.1, 0.15) is 11.4 Å². The minimum atomic E-state index is -0.859. The summed E-state index contributed by atoms with van der Waals surface area (Å²) >= 11 is 5.37. The molecule has 0 fully saturated rings. The summed E-state index contributed by atoms with van der Waals surface area (Å²) in [5.41, 5.74) is -0.294. The summed E-state index contributed by atoms with van der Waals surface area (Å²) < 4.78 is 32.0. The molecule has 17 heavy (non-hydrogen) atoms. The Morgan fingerprint density at radius 2 is 2.00 bits per heavy atom. The van der Waals surface area contributed by atoms with E-state index < -0.39 is 17.7 Å². The van der Waals surface area contributed by atoms with Gasteiger partial charge in [-0.1, -0.05) is 0 Å². The van der Waals surface area contributed by atoms with Gasteiger partial charge < -0.3 is 15.2 Å². The molecule has 0 aliphatic carbocycles. The molecule has 0 aliphatic heterocycles. The van der Waals surface area contributed by atoms with Gasteiger partial charge in [0.15, 0.2) is 11.6 Å². The second-order valence-corrected chi connectivity index (χ2v) is 3.69. The van der Waals surface area contributed by atoms with Crippen LogP contribution in [0.15, 0.2) is 12.1 Å². The fraction of sp³-hybridized carbons (Fsp3) is 0.455. The van der Waals surface area contributed by atoms with Gasteiger partial charge in [-0.15, -0.1) is 11.6 Å². The molecule has 1 aromatic rings. The maximum atomic E-state index is 13.5. The highest BCUT2D eigenvalue weighted by Crippen LogP contribution is 2.24. The SMILES string of the molecule is CCOc1cc(F)c(NCC(O)CCl)c(F)c1. The fourth-order valence-corrected chi connectivity index (χ4v) is 1.35. The van der Waals surface area contributed by atoms with E-state index in [4.69, 9.17) is 16.3 Å². The molecule has 1 aromatic carbocycles. The van der Waals surface area contributed by atoms with E-state index in [2.05, 4.69) is 5.32 Å². The lowest BCUT2D eigenvalue weighted by atomic mass is 10.2. The summed E-state index contributed by atoms with van der Waals surface area (Å²) in [7, 11) is 0. The van der Waals surface area contributed by atoms with Crippen molar-refractivity contribution in [3.63, 3.8) is 0 Å². The van der Waals surface area contributed by atoms with Crippen LogP contribution >= 0.6 is 11.6 Å². The van der Waals surface area contributed by atoms with Crippen LogP contribution in [0.25, 0.3) is 0 Å². The van der Waals surface area contributed by atoms with Crippen molar-refractivity contribution in [3.8, 4) is 5.75 Å². The number of hydrogen-bond donors (Lipinski definition) is 2. The fourth-order valence-electron chi connectivity index (χ4n) is 1.24. The molecule has 0 heterocycles. The number of anilines is 1. The van der Waals surface area contributed by atoms with Crippen LogP contribution < -0.4 is 10.1 Å². The zero-order valence-electron chi connectivity index (χ0n) is 9.34. The molecule has 1 unspecified atom stereocenters. The van der Waals surface area contributed by atoms with Gasteiger partial charge in [-0.3, -0.25) is 0 Å². The highest BCUT2D eigenvalue weighted by Gasteiger charge is 2.12. The number of benzene rings is 1. The third kappa shape index (κ3) is 4.02. The Balaban J connectivity index is 2.78. The van der Waals surface area contributed by atoms with Gasteiger partial charge in [-0.05, 0) is 6.92 Å². The Morgan fingerprint density at radius 3 is 2.47 bits per heavy atom. The first-order valence-electron chi connectivity index (χ1n) is 5.18. The lowest BCUT2D eigenvalue weighted by Gasteiger charge is -2.12. The van der Waals surface area contributed by atoms with E-state index in [1.165, 1.54) is 0 Å². The van der Waals surface area contributed by atoms with E-state index in [0.29, 0.717) is 6.61 Å². The molecular formula is C11H14ClF2NO2. The van der Waals surface area contributed by atoms with Crippen LogP contribution in [0.4, 0.5) is 14.5 Å². The van der Waals surface area contributed by atoms with Gasteiger partial charge in [0.25, 0.3) is 0 Å². The van der Waals surface area contributed by atoms with Crippen molar-refractivity contribution in [1.29, 1.82) is 0 Å². The first-order valence-corrected chi connectivity index (χ1v) is 5.71. The smallest absolute Gasteiger partial charge is 0.152 e. The van der Waals surface area contributed by atoms with Gasteiger partial charge in [0, 0.05) is 18.7 Å². The van der Waals surface area contributed by atoms with E-state index >= 15 is 0 Å². The van der Waals surface area contributed by atoms with Crippen molar-refractivity contribution >= 4 is 17.3 Å². The Hall–Kier alpha value is -1.07. The first kappa shape index (κ1) is 14.0. The third-order valence-corrected chi connectivity index (χ3v) is 2.38. The molecule has 1 rings (SSSR count). The number of aliphatic hydroxyl groups excluding tert-OH is 1. The second-order valence-electron chi connectivity index (χ2n) is 3.38. The molecule has 0 aliphatic rings. The van der Waals surface area contributed by atoms with Crippen molar-refractivity contribution < 1.29 is 18.6 Å². The number of nitrogens with one attached hydrogen (secondary N) is 1. The van der Waals surface area contributed by atoms with Crippen molar-refractivity contribution in [1.82, 2.24) is 0 Å². The van der Waals surface area contributed by atoms with E-state index in [1.807, 2.05) is 0 Å². The van der Waals surface area contributed by atoms with Gasteiger partial charge in [-0.2, -0.15) is 0 Å². The molecule has 0 saturated heterocycles. The average molecular weight is 266 g/mol. The summed E-state index contributed by atoms with van der Waals surface area (Å²) in [6.07, 6.45) is -0.859. The Morgan fingerprint density at radius 1 is 1.41 bits per heavy atom. The Kier molecular flexibility index (Phi) is 5.44. The predicted molar refractivity (Wildman–Crippen MR) is 62.7 cm³/mol. The molecule has 0 saturated carbocycles. The number of rotatable bonds is 6. The van der Waals surface area contributed by atoms with Crippen molar-refractivity contribution in [2.75, 3.05) is 24.3 Å². The minimum absolute atomic E-state index is 0.00668. The highest BCUT2D eigenvalue weighted by molar-refractivity contribution is 6.18. The Bertz CT molecular complexity index is 353. The Labute approximate surface area is 103 Å². The quantitative estimate of drug-likeness (QED) is 0.776.